The highest BCUT2D eigenvalue weighted by molar-refractivity contribution is 9.10. The lowest BCUT2D eigenvalue weighted by molar-refractivity contribution is 0.601. The third-order valence-corrected chi connectivity index (χ3v) is 4.18. The molecule has 4 heteroatoms. The maximum atomic E-state index is 4.31. The van der Waals surface area contributed by atoms with Gasteiger partial charge in [0, 0.05) is 21.6 Å². The predicted octanol–water partition coefficient (Wildman–Crippen LogP) is 3.72. The zero-order valence-corrected chi connectivity index (χ0v) is 12.3. The van der Waals surface area contributed by atoms with Crippen LogP contribution in [0.15, 0.2) is 34.9 Å². The van der Waals surface area contributed by atoms with Gasteiger partial charge >= 0.3 is 0 Å². The van der Waals surface area contributed by atoms with Crippen LogP contribution < -0.4 is 5.32 Å². The van der Waals surface area contributed by atoms with E-state index in [2.05, 4.69) is 50.5 Å². The Morgan fingerprint density at radius 1 is 1.47 bits per heavy atom. The smallest absolute Gasteiger partial charge is 0.0897 e. The third kappa shape index (κ3) is 3.37. The average molecular weight is 311 g/mol. The molecule has 0 saturated heterocycles. The van der Waals surface area contributed by atoms with Crippen molar-refractivity contribution in [3.63, 3.8) is 0 Å². The molecule has 0 radical (unpaired) electrons. The van der Waals surface area contributed by atoms with Gasteiger partial charge in [0.1, 0.15) is 0 Å². The maximum Gasteiger partial charge on any atom is 0.0897 e. The minimum atomic E-state index is 0.343. The lowest BCUT2D eigenvalue weighted by Gasteiger charge is -2.14. The molecule has 1 heterocycles. The Morgan fingerprint density at radius 2 is 2.29 bits per heavy atom. The van der Waals surface area contributed by atoms with Crippen molar-refractivity contribution in [2.45, 2.75) is 19.4 Å². The summed E-state index contributed by atoms with van der Waals surface area (Å²) in [6.45, 7) is 2.04. The van der Waals surface area contributed by atoms with Crippen LogP contribution in [0.3, 0.4) is 0 Å². The molecule has 2 aromatic rings. The van der Waals surface area contributed by atoms with Crippen LogP contribution in [0.5, 0.6) is 0 Å². The Labute approximate surface area is 114 Å². The summed E-state index contributed by atoms with van der Waals surface area (Å²) in [5.74, 6) is 0. The second-order valence-electron chi connectivity index (χ2n) is 3.96. The molecule has 2 rings (SSSR count). The van der Waals surface area contributed by atoms with Crippen molar-refractivity contribution >= 4 is 27.3 Å². The largest absolute Gasteiger partial charge is 0.312 e. The van der Waals surface area contributed by atoms with E-state index < -0.39 is 0 Å². The minimum absolute atomic E-state index is 0.343. The quantitative estimate of drug-likeness (QED) is 0.931. The van der Waals surface area contributed by atoms with Crippen molar-refractivity contribution in [3.8, 4) is 0 Å². The first-order valence-electron chi connectivity index (χ1n) is 5.53. The second kappa shape index (κ2) is 5.76. The molecule has 1 unspecified atom stereocenters. The van der Waals surface area contributed by atoms with Crippen molar-refractivity contribution < 1.29 is 0 Å². The fourth-order valence-electron chi connectivity index (χ4n) is 1.78. The number of nitrogens with zero attached hydrogens (tertiary/aromatic N) is 1. The van der Waals surface area contributed by atoms with Gasteiger partial charge in [-0.05, 0) is 38.1 Å². The molecule has 0 aliphatic heterocycles. The number of halogens is 1. The molecule has 90 valence electrons. The average Bonchev–Trinajstić information content (AvgIpc) is 2.73. The van der Waals surface area contributed by atoms with Gasteiger partial charge in [-0.2, -0.15) is 0 Å². The molecule has 0 bridgehead atoms. The molecule has 17 heavy (non-hydrogen) atoms. The van der Waals surface area contributed by atoms with Crippen LogP contribution >= 0.6 is 27.3 Å². The fourth-order valence-corrected chi connectivity index (χ4v) is 3.13. The summed E-state index contributed by atoms with van der Waals surface area (Å²) in [5.41, 5.74) is 1.32. The summed E-state index contributed by atoms with van der Waals surface area (Å²) in [6.07, 6.45) is 2.96. The number of likely N-dealkylation sites (N-methyl/N-ethyl adjacent to an activating group) is 1. The van der Waals surface area contributed by atoms with E-state index in [1.54, 1.807) is 11.3 Å². The SMILES string of the molecule is CNC(Cc1cccc(Br)c1)c1cnc(C)s1. The second-order valence-corrected chi connectivity index (χ2v) is 6.14. The van der Waals surface area contributed by atoms with Crippen LogP contribution in [0.1, 0.15) is 21.5 Å². The first kappa shape index (κ1) is 12.7. The molecule has 0 spiro atoms. The van der Waals surface area contributed by atoms with Gasteiger partial charge < -0.3 is 5.32 Å². The molecule has 2 nitrogen and oxygen atoms in total. The maximum absolute atomic E-state index is 4.31. The Morgan fingerprint density at radius 3 is 2.88 bits per heavy atom. The number of hydrogen-bond donors (Lipinski definition) is 1. The Balaban J connectivity index is 2.15. The van der Waals surface area contributed by atoms with Crippen LogP contribution in [0, 0.1) is 6.92 Å². The van der Waals surface area contributed by atoms with Crippen LogP contribution in [0.4, 0.5) is 0 Å². The number of benzene rings is 1. The number of rotatable bonds is 4. The van der Waals surface area contributed by atoms with E-state index in [1.165, 1.54) is 10.4 Å². The van der Waals surface area contributed by atoms with Gasteiger partial charge in [0.2, 0.25) is 0 Å². The van der Waals surface area contributed by atoms with Gasteiger partial charge in [0.25, 0.3) is 0 Å². The number of hydrogen-bond acceptors (Lipinski definition) is 3. The summed E-state index contributed by atoms with van der Waals surface area (Å²) in [6, 6.07) is 8.79. The van der Waals surface area contributed by atoms with Gasteiger partial charge in [-0.3, -0.25) is 0 Å². The normalized spacial score (nSPS) is 12.6. The van der Waals surface area contributed by atoms with E-state index in [-0.39, 0.29) is 0 Å². The molecular weight excluding hydrogens is 296 g/mol. The highest BCUT2D eigenvalue weighted by atomic mass is 79.9. The molecule has 1 N–H and O–H groups in total. The van der Waals surface area contributed by atoms with Crippen molar-refractivity contribution in [3.05, 3.63) is 50.4 Å². The van der Waals surface area contributed by atoms with E-state index in [0.29, 0.717) is 6.04 Å². The summed E-state index contributed by atoms with van der Waals surface area (Å²) in [7, 11) is 2.00. The monoisotopic (exact) mass is 310 g/mol. The third-order valence-electron chi connectivity index (χ3n) is 2.66. The van der Waals surface area contributed by atoms with E-state index in [4.69, 9.17) is 0 Å². The van der Waals surface area contributed by atoms with Gasteiger partial charge in [-0.1, -0.05) is 28.1 Å². The number of aromatic nitrogens is 1. The fraction of sp³-hybridized carbons (Fsp3) is 0.308. The predicted molar refractivity (Wildman–Crippen MR) is 76.5 cm³/mol. The highest BCUT2D eigenvalue weighted by Crippen LogP contribution is 2.24. The first-order chi connectivity index (χ1) is 8.19. The zero-order chi connectivity index (χ0) is 12.3. The first-order valence-corrected chi connectivity index (χ1v) is 7.14. The molecule has 0 amide bonds. The van der Waals surface area contributed by atoms with Crippen LogP contribution in [0.25, 0.3) is 0 Å². The van der Waals surface area contributed by atoms with Gasteiger partial charge in [0.05, 0.1) is 5.01 Å². The molecule has 1 atom stereocenters. The molecule has 0 fully saturated rings. The number of aryl methyl sites for hydroxylation is 1. The van der Waals surface area contributed by atoms with Crippen molar-refractivity contribution in [2.75, 3.05) is 7.05 Å². The highest BCUT2D eigenvalue weighted by Gasteiger charge is 2.12. The molecule has 0 aliphatic rings. The Hall–Kier alpha value is -0.710. The summed E-state index contributed by atoms with van der Waals surface area (Å²) >= 11 is 5.26. The zero-order valence-electron chi connectivity index (χ0n) is 9.90. The Kier molecular flexibility index (Phi) is 4.31. The summed E-state index contributed by atoms with van der Waals surface area (Å²) in [5, 5.41) is 4.47. The van der Waals surface area contributed by atoms with Crippen molar-refractivity contribution in [1.82, 2.24) is 10.3 Å². The molecule has 1 aromatic heterocycles. The van der Waals surface area contributed by atoms with E-state index in [9.17, 15) is 0 Å². The van der Waals surface area contributed by atoms with Crippen LogP contribution in [-0.2, 0) is 6.42 Å². The summed E-state index contributed by atoms with van der Waals surface area (Å²) < 4.78 is 1.13. The van der Waals surface area contributed by atoms with Crippen LogP contribution in [-0.4, -0.2) is 12.0 Å². The van der Waals surface area contributed by atoms with Crippen LogP contribution in [0.2, 0.25) is 0 Å². The van der Waals surface area contributed by atoms with Gasteiger partial charge in [-0.25, -0.2) is 4.98 Å². The molecular formula is C13H15BrN2S. The summed E-state index contributed by atoms with van der Waals surface area (Å²) in [4.78, 5) is 5.61. The lowest BCUT2D eigenvalue weighted by atomic mass is 10.1. The number of nitrogens with one attached hydrogen (secondary N) is 1. The van der Waals surface area contributed by atoms with E-state index in [0.717, 1.165) is 15.9 Å². The number of thiazole rings is 1. The van der Waals surface area contributed by atoms with Gasteiger partial charge in [-0.15, -0.1) is 11.3 Å². The molecule has 1 aromatic carbocycles. The Bertz CT molecular complexity index is 496. The molecule has 0 saturated carbocycles. The van der Waals surface area contributed by atoms with Crippen molar-refractivity contribution in [1.29, 1.82) is 0 Å². The van der Waals surface area contributed by atoms with E-state index >= 15 is 0 Å². The standard InChI is InChI=1S/C13H15BrN2S/c1-9-16-8-13(17-9)12(15-2)7-10-4-3-5-11(14)6-10/h3-6,8,12,15H,7H2,1-2H3. The van der Waals surface area contributed by atoms with E-state index in [1.807, 2.05) is 20.2 Å². The van der Waals surface area contributed by atoms with Gasteiger partial charge in [0.15, 0.2) is 0 Å². The molecule has 0 aliphatic carbocycles. The topological polar surface area (TPSA) is 24.9 Å². The lowest BCUT2D eigenvalue weighted by Crippen LogP contribution is -2.17. The minimum Gasteiger partial charge on any atom is -0.312 e. The van der Waals surface area contributed by atoms with Crippen molar-refractivity contribution in [2.24, 2.45) is 0 Å².